The molecule has 0 aliphatic rings. The molecule has 0 aliphatic carbocycles. The lowest BCUT2D eigenvalue weighted by Gasteiger charge is -2.19. The van der Waals surface area contributed by atoms with E-state index in [1.165, 1.54) is 0 Å². The highest BCUT2D eigenvalue weighted by molar-refractivity contribution is 5.97. The molecule has 2 amide bonds. The molecule has 0 atom stereocenters. The van der Waals surface area contributed by atoms with Crippen LogP contribution >= 0.6 is 0 Å². The zero-order chi connectivity index (χ0) is 18.9. The van der Waals surface area contributed by atoms with Crippen molar-refractivity contribution in [1.29, 1.82) is 0 Å². The lowest BCUT2D eigenvalue weighted by molar-refractivity contribution is -0.117. The van der Waals surface area contributed by atoms with Gasteiger partial charge in [-0.3, -0.25) is 14.5 Å². The van der Waals surface area contributed by atoms with Gasteiger partial charge in [0.25, 0.3) is 5.91 Å². The smallest absolute Gasteiger partial charge is 0.253 e. The summed E-state index contributed by atoms with van der Waals surface area (Å²) in [4.78, 5) is 28.5. The zero-order valence-corrected chi connectivity index (χ0v) is 15.7. The second-order valence-corrected chi connectivity index (χ2v) is 6.24. The summed E-state index contributed by atoms with van der Waals surface area (Å²) in [5.41, 5.74) is 2.28. The van der Waals surface area contributed by atoms with Gasteiger partial charge in [-0.25, -0.2) is 0 Å². The highest BCUT2D eigenvalue weighted by Gasteiger charge is 2.13. The number of anilines is 1. The summed E-state index contributed by atoms with van der Waals surface area (Å²) in [6, 6.07) is 16.9. The van der Waals surface area contributed by atoms with Gasteiger partial charge in [0, 0.05) is 24.8 Å². The summed E-state index contributed by atoms with van der Waals surface area (Å²) < 4.78 is 0. The van der Waals surface area contributed by atoms with Gasteiger partial charge in [-0.05, 0) is 36.9 Å². The molecule has 0 aromatic heterocycles. The molecule has 138 valence electrons. The molecule has 1 N–H and O–H groups in total. The van der Waals surface area contributed by atoms with Crippen molar-refractivity contribution in [2.45, 2.75) is 20.4 Å². The lowest BCUT2D eigenvalue weighted by Crippen LogP contribution is -2.33. The van der Waals surface area contributed by atoms with E-state index in [1.54, 1.807) is 36.2 Å². The van der Waals surface area contributed by atoms with E-state index in [1.807, 2.05) is 49.1 Å². The van der Waals surface area contributed by atoms with Crippen molar-refractivity contribution in [3.8, 4) is 0 Å². The average Bonchev–Trinajstić information content (AvgIpc) is 2.66. The first kappa shape index (κ1) is 19.7. The first-order valence-electron chi connectivity index (χ1n) is 8.95. The van der Waals surface area contributed by atoms with Crippen molar-refractivity contribution >= 4 is 17.5 Å². The number of hydrogen-bond donors (Lipinski definition) is 1. The van der Waals surface area contributed by atoms with Gasteiger partial charge in [0.1, 0.15) is 0 Å². The molecule has 0 spiro atoms. The molecule has 0 heterocycles. The number of carbonyl (C=O) groups excluding carboxylic acids is 2. The molecule has 26 heavy (non-hydrogen) atoms. The Morgan fingerprint density at radius 3 is 2.31 bits per heavy atom. The second kappa shape index (κ2) is 9.73. The summed E-state index contributed by atoms with van der Waals surface area (Å²) in [5.74, 6) is -0.148. The third kappa shape index (κ3) is 5.70. The number of likely N-dealkylation sites (N-methyl/N-ethyl adjacent to an activating group) is 1. The van der Waals surface area contributed by atoms with E-state index in [0.29, 0.717) is 24.3 Å². The molecule has 2 aromatic rings. The molecule has 0 saturated heterocycles. The van der Waals surface area contributed by atoms with Gasteiger partial charge < -0.3 is 10.2 Å². The predicted octanol–water partition coefficient (Wildman–Crippen LogP) is 3.24. The molecular weight excluding hydrogens is 326 g/mol. The Bertz CT molecular complexity index is 727. The Morgan fingerprint density at radius 2 is 1.65 bits per heavy atom. The molecule has 0 aliphatic heterocycles. The molecule has 0 radical (unpaired) electrons. The predicted molar refractivity (Wildman–Crippen MR) is 105 cm³/mol. The molecule has 0 unspecified atom stereocenters. The molecule has 0 bridgehead atoms. The van der Waals surface area contributed by atoms with Gasteiger partial charge in [0.15, 0.2) is 0 Å². The molecule has 5 heteroatoms. The summed E-state index contributed by atoms with van der Waals surface area (Å²) in [6.07, 6.45) is 0. The topological polar surface area (TPSA) is 52.7 Å². The van der Waals surface area contributed by atoms with Gasteiger partial charge in [-0.2, -0.15) is 0 Å². The standard InChI is InChI=1S/C21H27N3O2/c1-4-24(5-2)16-20(25)22-19-13-9-12-18(14-19)21(26)23(3)15-17-10-7-6-8-11-17/h6-14H,4-5,15-16H2,1-3H3,(H,22,25). The van der Waals surface area contributed by atoms with Crippen LogP contribution in [0, 0.1) is 0 Å². The van der Waals surface area contributed by atoms with Crippen molar-refractivity contribution < 1.29 is 9.59 Å². The van der Waals surface area contributed by atoms with Gasteiger partial charge in [0.2, 0.25) is 5.91 Å². The van der Waals surface area contributed by atoms with E-state index >= 15 is 0 Å². The minimum Gasteiger partial charge on any atom is -0.337 e. The number of amides is 2. The maximum atomic E-state index is 12.7. The van der Waals surface area contributed by atoms with Crippen LogP contribution in [0.4, 0.5) is 5.69 Å². The highest BCUT2D eigenvalue weighted by Crippen LogP contribution is 2.14. The molecular formula is C21H27N3O2. The summed E-state index contributed by atoms with van der Waals surface area (Å²) in [7, 11) is 1.78. The third-order valence-electron chi connectivity index (χ3n) is 4.26. The molecule has 5 nitrogen and oxygen atoms in total. The van der Waals surface area contributed by atoms with Crippen LogP contribution in [0.1, 0.15) is 29.8 Å². The quantitative estimate of drug-likeness (QED) is 0.793. The first-order valence-corrected chi connectivity index (χ1v) is 8.95. The maximum absolute atomic E-state index is 12.7. The van der Waals surface area contributed by atoms with Crippen LogP contribution in [-0.2, 0) is 11.3 Å². The van der Waals surface area contributed by atoms with Gasteiger partial charge >= 0.3 is 0 Å². The fourth-order valence-corrected chi connectivity index (χ4v) is 2.73. The summed E-state index contributed by atoms with van der Waals surface area (Å²) in [6.45, 7) is 6.59. The van der Waals surface area contributed by atoms with Crippen molar-refractivity contribution in [3.63, 3.8) is 0 Å². The number of nitrogens with zero attached hydrogens (tertiary/aromatic N) is 2. The molecule has 2 rings (SSSR count). The van der Waals surface area contributed by atoms with Gasteiger partial charge in [-0.1, -0.05) is 50.2 Å². The Hall–Kier alpha value is -2.66. The van der Waals surface area contributed by atoms with Crippen LogP contribution in [-0.4, -0.2) is 48.3 Å². The van der Waals surface area contributed by atoms with E-state index in [2.05, 4.69) is 5.32 Å². The van der Waals surface area contributed by atoms with E-state index in [-0.39, 0.29) is 11.8 Å². The fourth-order valence-electron chi connectivity index (χ4n) is 2.73. The Balaban J connectivity index is 2.01. The maximum Gasteiger partial charge on any atom is 0.253 e. The van der Waals surface area contributed by atoms with E-state index < -0.39 is 0 Å². The largest absolute Gasteiger partial charge is 0.337 e. The number of rotatable bonds is 8. The fraction of sp³-hybridized carbons (Fsp3) is 0.333. The Labute approximate surface area is 155 Å². The number of hydrogen-bond acceptors (Lipinski definition) is 3. The van der Waals surface area contributed by atoms with Gasteiger partial charge in [-0.15, -0.1) is 0 Å². The van der Waals surface area contributed by atoms with E-state index in [4.69, 9.17) is 0 Å². The molecule has 0 fully saturated rings. The zero-order valence-electron chi connectivity index (χ0n) is 15.7. The van der Waals surface area contributed by atoms with Crippen LogP contribution in [0.15, 0.2) is 54.6 Å². The van der Waals surface area contributed by atoms with Gasteiger partial charge in [0.05, 0.1) is 6.54 Å². The number of benzene rings is 2. The monoisotopic (exact) mass is 353 g/mol. The third-order valence-corrected chi connectivity index (χ3v) is 4.26. The van der Waals surface area contributed by atoms with Crippen LogP contribution in [0.25, 0.3) is 0 Å². The Kier molecular flexibility index (Phi) is 7.36. The second-order valence-electron chi connectivity index (χ2n) is 6.24. The average molecular weight is 353 g/mol. The van der Waals surface area contributed by atoms with Crippen molar-refractivity contribution in [3.05, 3.63) is 65.7 Å². The number of carbonyl (C=O) groups is 2. The first-order chi connectivity index (χ1) is 12.5. The summed E-state index contributed by atoms with van der Waals surface area (Å²) in [5, 5.41) is 2.87. The lowest BCUT2D eigenvalue weighted by atomic mass is 10.1. The molecule has 0 saturated carbocycles. The van der Waals surface area contributed by atoms with Crippen LogP contribution in [0.5, 0.6) is 0 Å². The van der Waals surface area contributed by atoms with E-state index in [9.17, 15) is 9.59 Å². The van der Waals surface area contributed by atoms with Crippen molar-refractivity contribution in [2.24, 2.45) is 0 Å². The minimum absolute atomic E-state index is 0.0732. The highest BCUT2D eigenvalue weighted by atomic mass is 16.2. The van der Waals surface area contributed by atoms with E-state index in [0.717, 1.165) is 18.7 Å². The number of nitrogens with one attached hydrogen (secondary N) is 1. The van der Waals surface area contributed by atoms with Crippen molar-refractivity contribution in [1.82, 2.24) is 9.80 Å². The molecule has 2 aromatic carbocycles. The SMILES string of the molecule is CCN(CC)CC(=O)Nc1cccc(C(=O)N(C)Cc2ccccc2)c1. The Morgan fingerprint density at radius 1 is 0.962 bits per heavy atom. The minimum atomic E-state index is -0.0753. The van der Waals surface area contributed by atoms with Crippen LogP contribution in [0.2, 0.25) is 0 Å². The van der Waals surface area contributed by atoms with Crippen LogP contribution in [0.3, 0.4) is 0 Å². The summed E-state index contributed by atoms with van der Waals surface area (Å²) >= 11 is 0. The van der Waals surface area contributed by atoms with Crippen molar-refractivity contribution in [2.75, 3.05) is 32.0 Å². The van der Waals surface area contributed by atoms with Crippen LogP contribution < -0.4 is 5.32 Å². The normalized spacial score (nSPS) is 10.6.